The van der Waals surface area contributed by atoms with E-state index in [2.05, 4.69) is 10.6 Å². The van der Waals surface area contributed by atoms with Gasteiger partial charge in [-0.15, -0.1) is 0 Å². The van der Waals surface area contributed by atoms with Gasteiger partial charge in [0.25, 0.3) is 11.5 Å². The van der Waals surface area contributed by atoms with Gasteiger partial charge in [0.2, 0.25) is 12.8 Å². The standard InChI is InChI=1S/C12H9FN2O2.C8H13F2N.C8H9NO/c13-10-7-9(4-5-11(10)14-8-16)15-6-2-1-3-12(15)17;9-8(10)3-4-11(6-8)5-7-1-2-7;1-7-2-4-8(5-3-7)9-6-10/h1-8H,(H,14,16);7H,1-6H2;2-6H,1H3,(H,9,10). The molecule has 2 fully saturated rings. The van der Waals surface area contributed by atoms with Crippen LogP contribution in [0.5, 0.6) is 0 Å². The number of halogens is 3. The van der Waals surface area contributed by atoms with Gasteiger partial charge in [0.1, 0.15) is 5.82 Å². The maximum Gasteiger partial charge on any atom is 0.261 e. The molecular weight excluding hydrogens is 497 g/mol. The van der Waals surface area contributed by atoms with Gasteiger partial charge in [0.15, 0.2) is 0 Å². The molecule has 2 amide bonds. The number of nitrogens with one attached hydrogen (secondary N) is 2. The van der Waals surface area contributed by atoms with Gasteiger partial charge < -0.3 is 10.6 Å². The van der Waals surface area contributed by atoms with Crippen molar-refractivity contribution in [3.05, 3.63) is 88.6 Å². The fourth-order valence-electron chi connectivity index (χ4n) is 3.82. The highest BCUT2D eigenvalue weighted by molar-refractivity contribution is 5.72. The second-order valence-electron chi connectivity index (χ2n) is 9.25. The van der Waals surface area contributed by atoms with Crippen LogP contribution in [-0.2, 0) is 9.59 Å². The predicted octanol–water partition coefficient (Wildman–Crippen LogP) is 4.85. The highest BCUT2D eigenvalue weighted by atomic mass is 19.3. The van der Waals surface area contributed by atoms with E-state index in [1.807, 2.05) is 36.1 Å². The van der Waals surface area contributed by atoms with Gasteiger partial charge in [-0.1, -0.05) is 23.8 Å². The maximum atomic E-state index is 13.5. The molecule has 1 aromatic heterocycles. The largest absolute Gasteiger partial charge is 0.329 e. The molecule has 2 aromatic carbocycles. The molecule has 1 saturated heterocycles. The number of carbonyl (C=O) groups is 2. The molecule has 5 rings (SSSR count). The number of amides is 2. The first-order chi connectivity index (χ1) is 18.2. The Bertz CT molecular complexity index is 1260. The minimum absolute atomic E-state index is 0.00347. The van der Waals surface area contributed by atoms with E-state index < -0.39 is 11.7 Å². The summed E-state index contributed by atoms with van der Waals surface area (Å²) in [6.45, 7) is 3.52. The van der Waals surface area contributed by atoms with Gasteiger partial charge in [0, 0.05) is 43.5 Å². The Morgan fingerprint density at radius 1 is 1.00 bits per heavy atom. The number of aromatic nitrogens is 1. The number of hydrogen-bond donors (Lipinski definition) is 2. The first kappa shape index (κ1) is 28.6. The van der Waals surface area contributed by atoms with E-state index >= 15 is 0 Å². The van der Waals surface area contributed by atoms with Gasteiger partial charge >= 0.3 is 0 Å². The van der Waals surface area contributed by atoms with Crippen molar-refractivity contribution in [1.82, 2.24) is 9.47 Å². The molecule has 2 N–H and O–H groups in total. The number of aryl methyl sites for hydroxylation is 1. The summed E-state index contributed by atoms with van der Waals surface area (Å²) in [5, 5.41) is 4.78. The fourth-order valence-corrected chi connectivity index (χ4v) is 3.82. The molecular formula is C28H31F3N4O3. The van der Waals surface area contributed by atoms with E-state index in [1.165, 1.54) is 41.2 Å². The molecule has 0 bridgehead atoms. The average molecular weight is 529 g/mol. The molecule has 10 heteroatoms. The topological polar surface area (TPSA) is 83.4 Å². The molecule has 2 heterocycles. The number of hydrogen-bond acceptors (Lipinski definition) is 4. The average Bonchev–Trinajstić information content (AvgIpc) is 3.64. The van der Waals surface area contributed by atoms with Crippen LogP contribution in [0.4, 0.5) is 24.5 Å². The number of alkyl halides is 2. The molecule has 3 aromatic rings. The lowest BCUT2D eigenvalue weighted by molar-refractivity contribution is -0.106. The number of nitrogens with zero attached hydrogens (tertiary/aromatic N) is 2. The Labute approximate surface area is 219 Å². The Balaban J connectivity index is 0.000000166. The van der Waals surface area contributed by atoms with E-state index in [9.17, 15) is 27.6 Å². The zero-order chi connectivity index (χ0) is 27.5. The lowest BCUT2D eigenvalue weighted by Crippen LogP contribution is -2.26. The van der Waals surface area contributed by atoms with Crippen molar-refractivity contribution < 1.29 is 22.8 Å². The van der Waals surface area contributed by atoms with Crippen molar-refractivity contribution in [2.75, 3.05) is 30.3 Å². The van der Waals surface area contributed by atoms with Crippen LogP contribution in [-0.4, -0.2) is 47.8 Å². The molecule has 38 heavy (non-hydrogen) atoms. The van der Waals surface area contributed by atoms with Crippen LogP contribution in [0.2, 0.25) is 0 Å². The molecule has 1 saturated carbocycles. The normalized spacial score (nSPS) is 15.8. The van der Waals surface area contributed by atoms with E-state index in [1.54, 1.807) is 24.4 Å². The molecule has 2 aliphatic rings. The predicted molar refractivity (Wildman–Crippen MR) is 141 cm³/mol. The van der Waals surface area contributed by atoms with Crippen LogP contribution in [0, 0.1) is 18.7 Å². The van der Waals surface area contributed by atoms with E-state index in [0.717, 1.165) is 18.2 Å². The van der Waals surface area contributed by atoms with E-state index in [4.69, 9.17) is 0 Å². The van der Waals surface area contributed by atoms with Crippen LogP contribution in [0.15, 0.2) is 71.7 Å². The minimum Gasteiger partial charge on any atom is -0.329 e. The van der Waals surface area contributed by atoms with Gasteiger partial charge in [-0.25, -0.2) is 13.2 Å². The van der Waals surface area contributed by atoms with Crippen molar-refractivity contribution in [2.24, 2.45) is 5.92 Å². The van der Waals surface area contributed by atoms with E-state index in [-0.39, 0.29) is 24.2 Å². The molecule has 202 valence electrons. The summed E-state index contributed by atoms with van der Waals surface area (Å²) in [5.74, 6) is -2.25. The highest BCUT2D eigenvalue weighted by Gasteiger charge is 2.39. The van der Waals surface area contributed by atoms with Crippen molar-refractivity contribution >= 4 is 24.2 Å². The second kappa shape index (κ2) is 13.6. The summed E-state index contributed by atoms with van der Waals surface area (Å²) in [6, 6.07) is 16.4. The molecule has 0 spiro atoms. The van der Waals surface area contributed by atoms with Gasteiger partial charge in [0.05, 0.1) is 17.9 Å². The van der Waals surface area contributed by atoms with Gasteiger partial charge in [-0.3, -0.25) is 23.9 Å². The molecule has 0 atom stereocenters. The third-order valence-electron chi connectivity index (χ3n) is 6.01. The number of carbonyl (C=O) groups excluding carboxylic acids is 2. The number of likely N-dealkylation sites (tertiary alicyclic amines) is 1. The molecule has 0 unspecified atom stereocenters. The van der Waals surface area contributed by atoms with Crippen molar-refractivity contribution in [2.45, 2.75) is 32.1 Å². The Hall–Kier alpha value is -3.92. The van der Waals surface area contributed by atoms with Crippen LogP contribution in [0.1, 0.15) is 24.8 Å². The zero-order valence-electron chi connectivity index (χ0n) is 21.1. The van der Waals surface area contributed by atoms with Crippen molar-refractivity contribution in [3.8, 4) is 5.69 Å². The summed E-state index contributed by atoms with van der Waals surface area (Å²) < 4.78 is 40.1. The number of benzene rings is 2. The zero-order valence-corrected chi connectivity index (χ0v) is 21.1. The molecule has 1 aliphatic heterocycles. The van der Waals surface area contributed by atoms with Crippen LogP contribution in [0.25, 0.3) is 5.69 Å². The number of rotatable bonds is 7. The summed E-state index contributed by atoms with van der Waals surface area (Å²) >= 11 is 0. The summed E-state index contributed by atoms with van der Waals surface area (Å²) in [4.78, 5) is 33.6. The smallest absolute Gasteiger partial charge is 0.261 e. The third kappa shape index (κ3) is 9.19. The monoisotopic (exact) mass is 528 g/mol. The maximum absolute atomic E-state index is 13.5. The minimum atomic E-state index is -2.39. The lowest BCUT2D eigenvalue weighted by atomic mass is 10.2. The third-order valence-corrected chi connectivity index (χ3v) is 6.01. The molecule has 1 aliphatic carbocycles. The van der Waals surface area contributed by atoms with Gasteiger partial charge in [-0.05, 0) is 56.0 Å². The first-order valence-corrected chi connectivity index (χ1v) is 12.3. The molecule has 7 nitrogen and oxygen atoms in total. The summed E-state index contributed by atoms with van der Waals surface area (Å²) in [6.07, 6.45) is 5.19. The SMILES string of the molecule is Cc1ccc(NC=O)cc1.FC1(F)CCN(CC2CC2)C1.O=CNc1ccc(-n2ccccc2=O)cc1F. The second-order valence-corrected chi connectivity index (χ2v) is 9.25. The molecule has 0 radical (unpaired) electrons. The highest BCUT2D eigenvalue weighted by Crippen LogP contribution is 2.33. The number of anilines is 2. The quantitative estimate of drug-likeness (QED) is 0.430. The van der Waals surface area contributed by atoms with Crippen molar-refractivity contribution in [1.29, 1.82) is 0 Å². The number of pyridine rings is 1. The van der Waals surface area contributed by atoms with Crippen LogP contribution >= 0.6 is 0 Å². The van der Waals surface area contributed by atoms with Crippen LogP contribution in [0.3, 0.4) is 0 Å². The van der Waals surface area contributed by atoms with Crippen molar-refractivity contribution in [3.63, 3.8) is 0 Å². The Morgan fingerprint density at radius 2 is 1.71 bits per heavy atom. The fraction of sp³-hybridized carbons (Fsp3) is 0.321. The van der Waals surface area contributed by atoms with Gasteiger partial charge in [-0.2, -0.15) is 0 Å². The van der Waals surface area contributed by atoms with E-state index in [0.29, 0.717) is 25.1 Å². The van der Waals surface area contributed by atoms with Crippen LogP contribution < -0.4 is 16.2 Å². The summed E-state index contributed by atoms with van der Waals surface area (Å²) in [7, 11) is 0. The first-order valence-electron chi connectivity index (χ1n) is 12.3. The Morgan fingerprint density at radius 3 is 2.26 bits per heavy atom. The Kier molecular flexibility index (Phi) is 10.2. The lowest BCUT2D eigenvalue weighted by Gasteiger charge is -2.14. The summed E-state index contributed by atoms with van der Waals surface area (Å²) in [5.41, 5.74) is 2.26.